The van der Waals surface area contributed by atoms with E-state index in [1.165, 1.54) is 31.3 Å². The Hall–Kier alpha value is -3.34. The first-order valence-corrected chi connectivity index (χ1v) is 8.31. The number of carbonyl (C=O) groups excluding carboxylic acids is 1. The fourth-order valence-corrected chi connectivity index (χ4v) is 2.30. The smallest absolute Gasteiger partial charge is 0.416 e. The summed E-state index contributed by atoms with van der Waals surface area (Å²) in [5.41, 5.74) is -0.787. The number of urea groups is 1. The molecule has 0 saturated carbocycles. The van der Waals surface area contributed by atoms with Gasteiger partial charge in [-0.25, -0.2) is 4.79 Å². The van der Waals surface area contributed by atoms with Gasteiger partial charge in [-0.05, 0) is 30.3 Å². The van der Waals surface area contributed by atoms with Crippen LogP contribution in [0.15, 0.2) is 48.5 Å². The fourth-order valence-electron chi connectivity index (χ4n) is 2.30. The molecule has 0 aliphatic heterocycles. The average molecular weight is 413 g/mol. The van der Waals surface area contributed by atoms with Gasteiger partial charge < -0.3 is 20.1 Å². The fraction of sp³-hybridized carbons (Fsp3) is 0.278. The Morgan fingerprint density at radius 2 is 1.93 bits per heavy atom. The van der Waals surface area contributed by atoms with Crippen LogP contribution in [0, 0.1) is 10.1 Å². The van der Waals surface area contributed by atoms with Crippen molar-refractivity contribution in [3.05, 3.63) is 64.2 Å². The Balaban J connectivity index is 1.83. The Morgan fingerprint density at radius 3 is 2.52 bits per heavy atom. The number of anilines is 1. The predicted octanol–water partition coefficient (Wildman–Crippen LogP) is 3.52. The Bertz CT molecular complexity index is 859. The molecule has 156 valence electrons. The van der Waals surface area contributed by atoms with Crippen LogP contribution in [0.2, 0.25) is 0 Å². The first kappa shape index (κ1) is 22.0. The number of benzene rings is 2. The summed E-state index contributed by atoms with van der Waals surface area (Å²) in [6, 6.07) is 8.74. The summed E-state index contributed by atoms with van der Waals surface area (Å²) in [5.74, 6) is 0.140. The van der Waals surface area contributed by atoms with E-state index < -0.39 is 28.8 Å². The molecule has 0 fully saturated rings. The van der Waals surface area contributed by atoms with E-state index in [2.05, 4.69) is 5.32 Å². The van der Waals surface area contributed by atoms with Gasteiger partial charge in [-0.1, -0.05) is 6.07 Å². The van der Waals surface area contributed by atoms with E-state index in [9.17, 15) is 33.2 Å². The van der Waals surface area contributed by atoms with Crippen LogP contribution in [0.1, 0.15) is 5.56 Å². The maximum atomic E-state index is 12.5. The summed E-state index contributed by atoms with van der Waals surface area (Å²) in [5, 5.41) is 23.2. The molecule has 2 rings (SSSR count). The second-order valence-electron chi connectivity index (χ2n) is 6.11. The third-order valence-electron chi connectivity index (χ3n) is 3.76. The lowest BCUT2D eigenvalue weighted by atomic mass is 10.2. The van der Waals surface area contributed by atoms with Gasteiger partial charge in [-0.2, -0.15) is 13.2 Å². The zero-order valence-electron chi connectivity index (χ0n) is 15.2. The van der Waals surface area contributed by atoms with Crippen LogP contribution in [0.3, 0.4) is 0 Å². The lowest BCUT2D eigenvalue weighted by molar-refractivity contribution is -0.384. The highest BCUT2D eigenvalue weighted by Gasteiger charge is 2.30. The molecule has 0 aromatic heterocycles. The zero-order valence-corrected chi connectivity index (χ0v) is 15.2. The minimum absolute atomic E-state index is 0.138. The van der Waals surface area contributed by atoms with Crippen LogP contribution in [0.4, 0.5) is 29.3 Å². The molecule has 11 heteroatoms. The number of rotatable bonds is 7. The minimum atomic E-state index is -4.45. The van der Waals surface area contributed by atoms with Crippen molar-refractivity contribution in [3.8, 4) is 5.75 Å². The van der Waals surface area contributed by atoms with Crippen LogP contribution in [0.25, 0.3) is 0 Å². The number of aliphatic hydroxyl groups excluding tert-OH is 1. The van der Waals surface area contributed by atoms with Crippen LogP contribution in [-0.4, -0.2) is 47.3 Å². The van der Waals surface area contributed by atoms with Gasteiger partial charge in [0, 0.05) is 24.9 Å². The van der Waals surface area contributed by atoms with E-state index in [-0.39, 0.29) is 30.3 Å². The molecule has 1 atom stereocenters. The SMILES string of the molecule is CN(C[C@H](O)COc1ccc(C(F)(F)F)cc1)C(=O)Nc1cccc([N+](=O)[O-])c1. The number of hydrogen-bond acceptors (Lipinski definition) is 5. The first-order chi connectivity index (χ1) is 13.6. The number of ether oxygens (including phenoxy) is 1. The molecule has 0 bridgehead atoms. The van der Waals surface area contributed by atoms with Gasteiger partial charge in [-0.3, -0.25) is 10.1 Å². The predicted molar refractivity (Wildman–Crippen MR) is 97.7 cm³/mol. The molecule has 2 aromatic rings. The number of alkyl halides is 3. The van der Waals surface area contributed by atoms with Crippen molar-refractivity contribution in [2.75, 3.05) is 25.5 Å². The van der Waals surface area contributed by atoms with E-state index in [1.807, 2.05) is 0 Å². The van der Waals surface area contributed by atoms with Crippen molar-refractivity contribution in [3.63, 3.8) is 0 Å². The van der Waals surface area contributed by atoms with Gasteiger partial charge in [-0.15, -0.1) is 0 Å². The van der Waals surface area contributed by atoms with Gasteiger partial charge in [0.15, 0.2) is 0 Å². The molecule has 0 heterocycles. The summed E-state index contributed by atoms with van der Waals surface area (Å²) in [7, 11) is 1.40. The van der Waals surface area contributed by atoms with E-state index in [4.69, 9.17) is 4.74 Å². The topological polar surface area (TPSA) is 105 Å². The highest BCUT2D eigenvalue weighted by atomic mass is 19.4. The summed E-state index contributed by atoms with van der Waals surface area (Å²) in [6.45, 7) is -0.388. The number of hydrogen-bond donors (Lipinski definition) is 2. The molecule has 0 spiro atoms. The number of amides is 2. The van der Waals surface area contributed by atoms with Crippen LogP contribution >= 0.6 is 0 Å². The monoisotopic (exact) mass is 413 g/mol. The molecular weight excluding hydrogens is 395 g/mol. The number of nitro groups is 1. The zero-order chi connectivity index (χ0) is 21.6. The van der Waals surface area contributed by atoms with Crippen molar-refractivity contribution < 1.29 is 32.7 Å². The van der Waals surface area contributed by atoms with E-state index in [1.54, 1.807) is 0 Å². The number of carbonyl (C=O) groups is 1. The molecule has 0 unspecified atom stereocenters. The Kier molecular flexibility index (Phi) is 6.99. The second-order valence-corrected chi connectivity index (χ2v) is 6.11. The first-order valence-electron chi connectivity index (χ1n) is 8.31. The van der Waals surface area contributed by atoms with Crippen LogP contribution in [0.5, 0.6) is 5.75 Å². The van der Waals surface area contributed by atoms with E-state index in [0.717, 1.165) is 29.2 Å². The highest BCUT2D eigenvalue weighted by Crippen LogP contribution is 2.30. The summed E-state index contributed by atoms with van der Waals surface area (Å²) >= 11 is 0. The number of nitro benzene ring substituents is 1. The normalized spacial score (nSPS) is 12.2. The lowest BCUT2D eigenvalue weighted by Crippen LogP contribution is -2.39. The highest BCUT2D eigenvalue weighted by molar-refractivity contribution is 5.89. The lowest BCUT2D eigenvalue weighted by Gasteiger charge is -2.21. The van der Waals surface area contributed by atoms with Crippen molar-refractivity contribution in [1.29, 1.82) is 0 Å². The quantitative estimate of drug-likeness (QED) is 0.534. The number of likely N-dealkylation sites (N-methyl/N-ethyl adjacent to an activating group) is 1. The molecule has 2 amide bonds. The molecule has 0 aliphatic carbocycles. The standard InChI is InChI=1S/C18H18F3N3O5/c1-23(17(26)22-13-3-2-4-14(9-13)24(27)28)10-15(25)11-29-16-7-5-12(6-8-16)18(19,20)21/h2-9,15,25H,10-11H2,1H3,(H,22,26)/t15-/m0/s1. The second kappa shape index (κ2) is 9.24. The van der Waals surface area contributed by atoms with Gasteiger partial charge >= 0.3 is 12.2 Å². The average Bonchev–Trinajstić information content (AvgIpc) is 2.66. The number of halogens is 3. The molecule has 29 heavy (non-hydrogen) atoms. The van der Waals surface area contributed by atoms with Gasteiger partial charge in [0.2, 0.25) is 0 Å². The molecule has 2 N–H and O–H groups in total. The number of aliphatic hydroxyl groups is 1. The number of nitrogens with zero attached hydrogens (tertiary/aromatic N) is 2. The van der Waals surface area contributed by atoms with Gasteiger partial charge in [0.1, 0.15) is 18.5 Å². The molecule has 0 radical (unpaired) electrons. The summed E-state index contributed by atoms with van der Waals surface area (Å²) in [6.07, 6.45) is -5.56. The number of nitrogens with one attached hydrogen (secondary N) is 1. The Labute approximate surface area is 163 Å². The third kappa shape index (κ3) is 6.64. The minimum Gasteiger partial charge on any atom is -0.491 e. The maximum Gasteiger partial charge on any atom is 0.416 e. The largest absolute Gasteiger partial charge is 0.491 e. The molecule has 2 aromatic carbocycles. The third-order valence-corrected chi connectivity index (χ3v) is 3.76. The molecule has 8 nitrogen and oxygen atoms in total. The maximum absolute atomic E-state index is 12.5. The van der Waals surface area contributed by atoms with Crippen molar-refractivity contribution in [2.24, 2.45) is 0 Å². The molecule has 0 saturated heterocycles. The van der Waals surface area contributed by atoms with Crippen LogP contribution < -0.4 is 10.1 Å². The Morgan fingerprint density at radius 1 is 1.28 bits per heavy atom. The molecule has 0 aliphatic rings. The van der Waals surface area contributed by atoms with Gasteiger partial charge in [0.25, 0.3) is 5.69 Å². The van der Waals surface area contributed by atoms with E-state index in [0.29, 0.717) is 0 Å². The van der Waals surface area contributed by atoms with Crippen molar-refractivity contribution in [1.82, 2.24) is 4.90 Å². The van der Waals surface area contributed by atoms with Crippen LogP contribution in [-0.2, 0) is 6.18 Å². The summed E-state index contributed by atoms with van der Waals surface area (Å²) < 4.78 is 42.8. The van der Waals surface area contributed by atoms with Gasteiger partial charge in [0.05, 0.1) is 17.0 Å². The van der Waals surface area contributed by atoms with Crippen molar-refractivity contribution >= 4 is 17.4 Å². The van der Waals surface area contributed by atoms with E-state index >= 15 is 0 Å². The summed E-state index contributed by atoms with van der Waals surface area (Å²) in [4.78, 5) is 23.4. The molecular formula is C18H18F3N3O5. The van der Waals surface area contributed by atoms with Crippen molar-refractivity contribution in [2.45, 2.75) is 12.3 Å². The number of non-ortho nitro benzene ring substituents is 1.